The van der Waals surface area contributed by atoms with E-state index in [9.17, 15) is 19.7 Å². The van der Waals surface area contributed by atoms with Crippen LogP contribution >= 0.6 is 27.5 Å². The molecular weight excluding hydrogens is 402 g/mol. The van der Waals surface area contributed by atoms with E-state index in [4.69, 9.17) is 11.6 Å². The second kappa shape index (κ2) is 6.21. The zero-order chi connectivity index (χ0) is 17.4. The van der Waals surface area contributed by atoms with Gasteiger partial charge >= 0.3 is 0 Å². The van der Waals surface area contributed by atoms with Crippen LogP contribution < -0.4 is 5.56 Å². The van der Waals surface area contributed by atoms with Gasteiger partial charge < -0.3 is 4.98 Å². The molecule has 24 heavy (non-hydrogen) atoms. The molecule has 122 valence electrons. The van der Waals surface area contributed by atoms with Crippen LogP contribution in [0.1, 0.15) is 10.4 Å². The summed E-state index contributed by atoms with van der Waals surface area (Å²) in [6, 6.07) is 6.18. The highest BCUT2D eigenvalue weighted by molar-refractivity contribution is 9.10. The summed E-state index contributed by atoms with van der Waals surface area (Å²) in [6.45, 7) is -0.321. The van der Waals surface area contributed by atoms with Crippen LogP contribution in [0.15, 0.2) is 45.9 Å². The van der Waals surface area contributed by atoms with Crippen LogP contribution in [0.25, 0.3) is 10.9 Å². The number of hydrogen-bond acceptors (Lipinski definition) is 4. The average Bonchev–Trinajstić information content (AvgIpc) is 2.94. The number of aromatic nitrogens is 2. The topological polar surface area (TPSA) is 98.0 Å². The summed E-state index contributed by atoms with van der Waals surface area (Å²) >= 11 is 8.93. The Hall–Kier alpha value is -2.45. The Morgan fingerprint density at radius 3 is 2.83 bits per heavy atom. The maximum Gasteiger partial charge on any atom is 0.286 e. The van der Waals surface area contributed by atoms with E-state index in [-0.39, 0.29) is 22.5 Å². The smallest absolute Gasteiger partial charge is 0.286 e. The molecule has 0 spiro atoms. The molecule has 3 aromatic rings. The number of benzene rings is 1. The molecule has 2 aromatic heterocycles. The van der Waals surface area contributed by atoms with Crippen molar-refractivity contribution in [2.24, 2.45) is 0 Å². The fourth-order valence-corrected chi connectivity index (χ4v) is 3.00. The van der Waals surface area contributed by atoms with Gasteiger partial charge in [-0.25, -0.2) is 0 Å². The highest BCUT2D eigenvalue weighted by atomic mass is 79.9. The van der Waals surface area contributed by atoms with Gasteiger partial charge in [-0.15, -0.1) is 0 Å². The van der Waals surface area contributed by atoms with Crippen LogP contribution in [-0.2, 0) is 6.54 Å². The van der Waals surface area contributed by atoms with Gasteiger partial charge in [0.1, 0.15) is 0 Å². The van der Waals surface area contributed by atoms with E-state index in [0.717, 1.165) is 22.3 Å². The van der Waals surface area contributed by atoms with Gasteiger partial charge in [0.05, 0.1) is 22.1 Å². The minimum absolute atomic E-state index is 0.0199. The number of ketones is 1. The summed E-state index contributed by atoms with van der Waals surface area (Å²) in [5, 5.41) is 12.0. The third kappa shape index (κ3) is 2.98. The van der Waals surface area contributed by atoms with Crippen LogP contribution in [0.2, 0.25) is 5.02 Å². The van der Waals surface area contributed by atoms with Gasteiger partial charge in [0.2, 0.25) is 0 Å². The second-order valence-corrected chi connectivity index (χ2v) is 6.34. The number of nitrogens with zero attached hydrogens (tertiary/aromatic N) is 2. The van der Waals surface area contributed by atoms with Crippen molar-refractivity contribution in [2.45, 2.75) is 6.54 Å². The molecule has 2 heterocycles. The maximum atomic E-state index is 12.5. The lowest BCUT2D eigenvalue weighted by atomic mass is 10.1. The van der Waals surface area contributed by atoms with E-state index in [1.54, 1.807) is 18.2 Å². The number of nitrogens with one attached hydrogen (secondary N) is 1. The molecule has 0 aliphatic carbocycles. The van der Waals surface area contributed by atoms with Gasteiger partial charge in [0.15, 0.2) is 5.78 Å². The summed E-state index contributed by atoms with van der Waals surface area (Å²) < 4.78 is 1.03. The van der Waals surface area contributed by atoms with E-state index < -0.39 is 10.5 Å². The first-order chi connectivity index (χ1) is 11.4. The SMILES string of the molecule is O=C(Cn1cc([N+](=O)[O-])cc(Br)c1=O)c1c[nH]c2ccc(Cl)cc12. The van der Waals surface area contributed by atoms with Gasteiger partial charge in [0.25, 0.3) is 11.2 Å². The predicted molar refractivity (Wildman–Crippen MR) is 92.7 cm³/mol. The standard InChI is InChI=1S/C15H9BrClN3O4/c16-12-4-9(20(23)24)6-19(15(12)22)7-14(21)11-5-18-13-2-1-8(17)3-10(11)13/h1-6,18H,7H2. The van der Waals surface area contributed by atoms with E-state index >= 15 is 0 Å². The van der Waals surface area contributed by atoms with Crippen molar-refractivity contribution in [3.8, 4) is 0 Å². The maximum absolute atomic E-state index is 12.5. The van der Waals surface area contributed by atoms with Crippen molar-refractivity contribution in [3.63, 3.8) is 0 Å². The molecule has 9 heteroatoms. The van der Waals surface area contributed by atoms with Gasteiger partial charge in [-0.05, 0) is 34.1 Å². The zero-order valence-electron chi connectivity index (χ0n) is 12.0. The fourth-order valence-electron chi connectivity index (χ4n) is 2.37. The number of carbonyl (C=O) groups is 1. The number of halogens is 2. The molecule has 1 aromatic carbocycles. The van der Waals surface area contributed by atoms with Crippen molar-refractivity contribution < 1.29 is 9.72 Å². The lowest BCUT2D eigenvalue weighted by molar-refractivity contribution is -0.385. The second-order valence-electron chi connectivity index (χ2n) is 5.05. The number of nitro groups is 1. The fraction of sp³-hybridized carbons (Fsp3) is 0.0667. The quantitative estimate of drug-likeness (QED) is 0.404. The van der Waals surface area contributed by atoms with Crippen molar-refractivity contribution >= 4 is 49.9 Å². The molecule has 3 rings (SSSR count). The van der Waals surface area contributed by atoms with Crippen LogP contribution in [0.5, 0.6) is 0 Å². The van der Waals surface area contributed by atoms with E-state index in [1.807, 2.05) is 0 Å². The van der Waals surface area contributed by atoms with E-state index in [2.05, 4.69) is 20.9 Å². The van der Waals surface area contributed by atoms with Crippen molar-refractivity contribution in [1.82, 2.24) is 9.55 Å². The molecule has 0 saturated heterocycles. The van der Waals surface area contributed by atoms with Crippen LogP contribution in [0.4, 0.5) is 5.69 Å². The van der Waals surface area contributed by atoms with Crippen LogP contribution in [0.3, 0.4) is 0 Å². The van der Waals surface area contributed by atoms with Gasteiger partial charge in [-0.2, -0.15) is 0 Å². The normalized spacial score (nSPS) is 10.9. The van der Waals surface area contributed by atoms with Crippen molar-refractivity contribution in [3.05, 3.63) is 72.2 Å². The highest BCUT2D eigenvalue weighted by Crippen LogP contribution is 2.23. The van der Waals surface area contributed by atoms with E-state index in [1.165, 1.54) is 6.20 Å². The average molecular weight is 411 g/mol. The van der Waals surface area contributed by atoms with Gasteiger partial charge in [-0.1, -0.05) is 11.6 Å². The van der Waals surface area contributed by atoms with Crippen LogP contribution in [-0.4, -0.2) is 20.3 Å². The zero-order valence-corrected chi connectivity index (χ0v) is 14.3. The number of aromatic amines is 1. The Balaban J connectivity index is 2.02. The minimum Gasteiger partial charge on any atom is -0.360 e. The first-order valence-electron chi connectivity index (χ1n) is 6.71. The molecule has 0 amide bonds. The lowest BCUT2D eigenvalue weighted by Crippen LogP contribution is -2.24. The Morgan fingerprint density at radius 1 is 1.38 bits per heavy atom. The summed E-state index contributed by atoms with van der Waals surface area (Å²) in [5.41, 5.74) is 0.292. The number of hydrogen-bond donors (Lipinski definition) is 1. The minimum atomic E-state index is -0.628. The first kappa shape index (κ1) is 16.4. The number of H-pyrrole nitrogens is 1. The van der Waals surface area contributed by atoms with Crippen LogP contribution in [0, 0.1) is 10.1 Å². The molecule has 0 unspecified atom stereocenters. The monoisotopic (exact) mass is 409 g/mol. The lowest BCUT2D eigenvalue weighted by Gasteiger charge is -2.05. The predicted octanol–water partition coefficient (Wildman–Crippen LogP) is 3.54. The molecule has 0 fully saturated rings. The third-order valence-corrected chi connectivity index (χ3v) is 4.30. The highest BCUT2D eigenvalue weighted by Gasteiger charge is 2.17. The van der Waals surface area contributed by atoms with Gasteiger partial charge in [0, 0.05) is 33.8 Å². The molecule has 7 nitrogen and oxygen atoms in total. The Morgan fingerprint density at radius 2 is 2.12 bits per heavy atom. The molecule has 1 N–H and O–H groups in total. The molecule has 0 aliphatic heterocycles. The summed E-state index contributed by atoms with van der Waals surface area (Å²) in [5.74, 6) is -0.363. The number of carbonyl (C=O) groups excluding carboxylic acids is 1. The molecule has 0 aliphatic rings. The summed E-state index contributed by atoms with van der Waals surface area (Å²) in [6.07, 6.45) is 2.58. The third-order valence-electron chi connectivity index (χ3n) is 3.50. The summed E-state index contributed by atoms with van der Waals surface area (Å²) in [7, 11) is 0. The Bertz CT molecular complexity index is 1040. The van der Waals surface area contributed by atoms with E-state index in [0.29, 0.717) is 16.0 Å². The Labute approximate surface area is 148 Å². The number of Topliss-reactive ketones (excluding diaryl/α,β-unsaturated/α-hetero) is 1. The van der Waals surface area contributed by atoms with Crippen molar-refractivity contribution in [2.75, 3.05) is 0 Å². The molecule has 0 radical (unpaired) electrons. The largest absolute Gasteiger partial charge is 0.360 e. The molecule has 0 atom stereocenters. The van der Waals surface area contributed by atoms with Crippen molar-refractivity contribution in [1.29, 1.82) is 0 Å². The summed E-state index contributed by atoms with van der Waals surface area (Å²) in [4.78, 5) is 37.8. The molecule has 0 saturated carbocycles. The first-order valence-corrected chi connectivity index (χ1v) is 7.88. The molecular formula is C15H9BrClN3O4. The number of fused-ring (bicyclic) bond motifs is 1. The van der Waals surface area contributed by atoms with Gasteiger partial charge in [-0.3, -0.25) is 24.3 Å². The molecule has 0 bridgehead atoms. The number of pyridine rings is 1. The Kier molecular flexibility index (Phi) is 4.25. The number of rotatable bonds is 4.